The fourth-order valence-electron chi connectivity index (χ4n) is 2.41. The van der Waals surface area contributed by atoms with Crippen LogP contribution < -0.4 is 4.74 Å². The highest BCUT2D eigenvalue weighted by molar-refractivity contribution is 5.96. The molecule has 3 nitrogen and oxygen atoms in total. The molecule has 0 spiro atoms. The van der Waals surface area contributed by atoms with E-state index in [0.717, 1.165) is 25.9 Å². The standard InChI is InChI=1S/C18H27NO2/c1-2-3-15-21-17-9-7-16(8-10-17)18(20)11-14-19-12-5-4-6-13-19/h7-10H,2-6,11-15H2,1H3/i1D3,2D2,3D2,15D2. The van der Waals surface area contributed by atoms with Gasteiger partial charge in [-0.25, -0.2) is 0 Å². The van der Waals surface area contributed by atoms with Gasteiger partial charge in [-0.15, -0.1) is 0 Å². The molecule has 0 radical (unpaired) electrons. The van der Waals surface area contributed by atoms with Gasteiger partial charge in [0, 0.05) is 28.1 Å². The van der Waals surface area contributed by atoms with Crippen LogP contribution in [0, 0.1) is 0 Å². The number of carbonyl (C=O) groups excluding carboxylic acids is 1. The molecule has 0 unspecified atom stereocenters. The molecule has 0 atom stereocenters. The Labute approximate surface area is 140 Å². The van der Waals surface area contributed by atoms with Crippen LogP contribution in [-0.4, -0.2) is 36.9 Å². The van der Waals surface area contributed by atoms with E-state index >= 15 is 0 Å². The quantitative estimate of drug-likeness (QED) is 0.681. The van der Waals surface area contributed by atoms with Gasteiger partial charge in [-0.3, -0.25) is 4.79 Å². The van der Waals surface area contributed by atoms with Gasteiger partial charge in [-0.05, 0) is 56.6 Å². The summed E-state index contributed by atoms with van der Waals surface area (Å²) in [6.45, 7) is -4.02. The Hall–Kier alpha value is -1.35. The number of hydrogen-bond donors (Lipinski definition) is 0. The third-order valence-electron chi connectivity index (χ3n) is 3.56. The monoisotopic (exact) mass is 298 g/mol. The van der Waals surface area contributed by atoms with E-state index in [1.807, 2.05) is 0 Å². The topological polar surface area (TPSA) is 29.5 Å². The van der Waals surface area contributed by atoms with Gasteiger partial charge in [-0.1, -0.05) is 19.6 Å². The maximum Gasteiger partial charge on any atom is 0.164 e. The first-order chi connectivity index (χ1) is 13.7. The molecule has 1 aliphatic rings. The minimum atomic E-state index is -3.49. The molecule has 0 saturated carbocycles. The Morgan fingerprint density at radius 2 is 2.05 bits per heavy atom. The van der Waals surface area contributed by atoms with E-state index in [-0.39, 0.29) is 11.5 Å². The summed E-state index contributed by atoms with van der Waals surface area (Å²) in [5, 5.41) is 0. The predicted octanol–water partition coefficient (Wildman–Crippen LogP) is 3.92. The molecule has 1 fully saturated rings. The predicted molar refractivity (Wildman–Crippen MR) is 86.1 cm³/mol. The lowest BCUT2D eigenvalue weighted by Gasteiger charge is -2.25. The Morgan fingerprint density at radius 1 is 1.29 bits per heavy atom. The summed E-state index contributed by atoms with van der Waals surface area (Å²) in [6, 6.07) is 5.43. The molecule has 1 aromatic rings. The molecule has 1 aromatic carbocycles. The number of nitrogens with zero attached hydrogens (tertiary/aromatic N) is 1. The second-order valence-corrected chi connectivity index (χ2v) is 5.05. The highest BCUT2D eigenvalue weighted by Gasteiger charge is 2.12. The summed E-state index contributed by atoms with van der Waals surface area (Å²) in [7, 11) is 0. The van der Waals surface area contributed by atoms with Crippen molar-refractivity contribution >= 4 is 5.78 Å². The van der Waals surface area contributed by atoms with Crippen LogP contribution in [0.5, 0.6) is 5.75 Å². The molecule has 3 heteroatoms. The third kappa shape index (κ3) is 5.50. The molecule has 0 aliphatic carbocycles. The fourth-order valence-corrected chi connectivity index (χ4v) is 2.41. The van der Waals surface area contributed by atoms with Gasteiger partial charge < -0.3 is 9.64 Å². The van der Waals surface area contributed by atoms with Crippen molar-refractivity contribution in [2.24, 2.45) is 0 Å². The molecule has 21 heavy (non-hydrogen) atoms. The first kappa shape index (κ1) is 7.77. The normalized spacial score (nSPS) is 24.9. The van der Waals surface area contributed by atoms with E-state index in [1.54, 1.807) is 0 Å². The van der Waals surface area contributed by atoms with Crippen molar-refractivity contribution in [2.75, 3.05) is 26.2 Å². The number of ketones is 1. The maximum atomic E-state index is 12.4. The number of rotatable bonds is 8. The van der Waals surface area contributed by atoms with Crippen molar-refractivity contribution in [2.45, 2.75) is 45.3 Å². The zero-order valence-electron chi connectivity index (χ0n) is 21.0. The van der Waals surface area contributed by atoms with Crippen LogP contribution in [0.15, 0.2) is 24.3 Å². The van der Waals surface area contributed by atoms with Crippen LogP contribution >= 0.6 is 0 Å². The van der Waals surface area contributed by atoms with Gasteiger partial charge in [0.05, 0.1) is 9.30 Å². The number of ether oxygens (including phenoxy) is 1. The molecule has 1 aliphatic heterocycles. The summed E-state index contributed by atoms with van der Waals surface area (Å²) < 4.78 is 72.9. The average Bonchev–Trinajstić information content (AvgIpc) is 2.66. The van der Waals surface area contributed by atoms with Crippen LogP contribution in [0.3, 0.4) is 0 Å². The van der Waals surface area contributed by atoms with Crippen molar-refractivity contribution in [3.8, 4) is 5.75 Å². The van der Waals surface area contributed by atoms with Crippen molar-refractivity contribution < 1.29 is 21.9 Å². The highest BCUT2D eigenvalue weighted by Crippen LogP contribution is 2.15. The van der Waals surface area contributed by atoms with Crippen molar-refractivity contribution in [3.63, 3.8) is 0 Å². The third-order valence-corrected chi connectivity index (χ3v) is 3.56. The number of hydrogen-bond acceptors (Lipinski definition) is 3. The smallest absolute Gasteiger partial charge is 0.164 e. The molecule has 1 heterocycles. The summed E-state index contributed by atoms with van der Waals surface area (Å²) >= 11 is 0. The van der Waals surface area contributed by atoms with Crippen molar-refractivity contribution in [3.05, 3.63) is 29.8 Å². The minimum absolute atomic E-state index is 0.0794. The van der Waals surface area contributed by atoms with Gasteiger partial charge in [0.15, 0.2) is 5.78 Å². The van der Waals surface area contributed by atoms with E-state index < -0.39 is 26.2 Å². The zero-order chi connectivity index (χ0) is 22.8. The van der Waals surface area contributed by atoms with Crippen LogP contribution in [0.2, 0.25) is 0 Å². The zero-order valence-corrected chi connectivity index (χ0v) is 12.0. The van der Waals surface area contributed by atoms with Crippen molar-refractivity contribution in [1.82, 2.24) is 4.90 Å². The number of piperidine rings is 1. The SMILES string of the molecule is [2H]C([2H])([2H])C([2H])([2H])C([2H])([2H])C([2H])([2H])Oc1ccc(C(=O)CCN2CCCCC2)cc1. The molecule has 0 aromatic heterocycles. The lowest BCUT2D eigenvalue weighted by molar-refractivity contribution is 0.0958. The molecule has 0 N–H and O–H groups in total. The molecular formula is C18H27NO2. The molecule has 2 rings (SSSR count). The number of benzene rings is 1. The van der Waals surface area contributed by atoms with Crippen LogP contribution in [0.25, 0.3) is 0 Å². The Balaban J connectivity index is 2.04. The first-order valence-corrected chi connectivity index (χ1v) is 7.24. The number of Topliss-reactive ketones (excluding diaryl/α,β-unsaturated/α-hetero) is 1. The van der Waals surface area contributed by atoms with Gasteiger partial charge in [0.1, 0.15) is 5.75 Å². The fraction of sp³-hybridized carbons (Fsp3) is 0.611. The summed E-state index contributed by atoms with van der Waals surface area (Å²) in [4.78, 5) is 14.6. The maximum absolute atomic E-state index is 12.4. The Bertz CT molecular complexity index is 726. The van der Waals surface area contributed by atoms with E-state index in [4.69, 9.17) is 17.1 Å². The van der Waals surface area contributed by atoms with Gasteiger partial charge >= 0.3 is 0 Å². The van der Waals surface area contributed by atoms with Gasteiger partial charge in [-0.2, -0.15) is 0 Å². The largest absolute Gasteiger partial charge is 0.494 e. The number of likely N-dealkylation sites (tertiary alicyclic amines) is 1. The van der Waals surface area contributed by atoms with Gasteiger partial charge in [0.25, 0.3) is 0 Å². The Kier molecular flexibility index (Phi) is 3.27. The van der Waals surface area contributed by atoms with Crippen LogP contribution in [0.4, 0.5) is 0 Å². The second-order valence-electron chi connectivity index (χ2n) is 5.05. The van der Waals surface area contributed by atoms with Gasteiger partial charge in [0.2, 0.25) is 0 Å². The minimum Gasteiger partial charge on any atom is -0.494 e. The number of carbonyl (C=O) groups is 1. The average molecular weight is 298 g/mol. The van der Waals surface area contributed by atoms with E-state index in [1.165, 1.54) is 30.7 Å². The van der Waals surface area contributed by atoms with Crippen LogP contribution in [0.1, 0.15) is 68.0 Å². The summed E-state index contributed by atoms with van der Waals surface area (Å²) in [5.41, 5.74) is 0.403. The van der Waals surface area contributed by atoms with Crippen LogP contribution in [-0.2, 0) is 0 Å². The molecular weight excluding hydrogens is 262 g/mol. The summed E-state index contributed by atoms with van der Waals surface area (Å²) in [6.07, 6.45) is -3.14. The molecule has 0 bridgehead atoms. The van der Waals surface area contributed by atoms with Crippen molar-refractivity contribution in [1.29, 1.82) is 0 Å². The van der Waals surface area contributed by atoms with E-state index in [0.29, 0.717) is 18.5 Å². The molecule has 0 amide bonds. The highest BCUT2D eigenvalue weighted by atomic mass is 16.5. The van der Waals surface area contributed by atoms with E-state index in [2.05, 4.69) is 4.90 Å². The van der Waals surface area contributed by atoms with E-state index in [9.17, 15) is 4.79 Å². The lowest BCUT2D eigenvalue weighted by Crippen LogP contribution is -2.31. The second kappa shape index (κ2) is 8.83. The first-order valence-electron chi connectivity index (χ1n) is 11.7. The Morgan fingerprint density at radius 3 is 2.76 bits per heavy atom. The summed E-state index contributed by atoms with van der Waals surface area (Å²) in [5.74, 6) is -0.220. The lowest BCUT2D eigenvalue weighted by atomic mass is 10.1. The molecule has 1 saturated heterocycles. The molecule has 116 valence electrons.